The Kier molecular flexibility index (Phi) is 20.3. The van der Waals surface area contributed by atoms with E-state index >= 15 is 0 Å². The zero-order valence-corrected chi connectivity index (χ0v) is 43.9. The number of methoxy groups -OCH3 is 1. The maximum absolute atomic E-state index is 14.5. The quantitative estimate of drug-likeness (QED) is 0.0610. The largest absolute Gasteiger partial charge is 0.459 e. The van der Waals surface area contributed by atoms with Crippen molar-refractivity contribution in [2.24, 2.45) is 17.8 Å². The van der Waals surface area contributed by atoms with E-state index in [4.69, 9.17) is 33.3 Å². The van der Waals surface area contributed by atoms with E-state index in [2.05, 4.69) is 15.8 Å². The number of esters is 1. The molecule has 5 rings (SSSR count). The summed E-state index contributed by atoms with van der Waals surface area (Å²) in [5, 5.41) is 79.1. The standard InChI is InChI=1S/C49H83N7O15/c1-14-38-49(10,62)42(58)32(6)54(12)26-28(2)24-47(8,61)44(30(4)41(31(5)45(60)68-38)69-39-25-48(9,65-13)43(59)33(7)67-39)70-46-40(57)37(23-29(3)66-46)53(11)21-19-34-27-55(52-51-34)22-20-50-71-36-17-15-35(16-18-36)56(63)64/h15-18,27-33,37-44,46,50,57-59,61-62H,14,19-26H2,1-13H3/t28-,29-,30+,31-,32-,33+,37+,38-,39+,40-,41+,42-,43+,44-,46+,47-,48-,49-/m1/s1. The first-order chi connectivity index (χ1) is 33.2. The minimum absolute atomic E-state index is 0.0334. The number of hydrogen-bond donors (Lipinski definition) is 6. The fourth-order valence-corrected chi connectivity index (χ4v) is 10.6. The first-order valence-electron chi connectivity index (χ1n) is 25.0. The topological polar surface area (TPSA) is 275 Å². The van der Waals surface area contributed by atoms with Crippen LogP contribution in [0.5, 0.6) is 5.75 Å². The fraction of sp³-hybridized carbons (Fsp3) is 0.816. The molecule has 3 fully saturated rings. The Balaban J connectivity index is 1.38. The number of aromatic nitrogens is 3. The number of benzene rings is 1. The predicted octanol–water partition coefficient (Wildman–Crippen LogP) is 2.60. The number of aliphatic hydroxyl groups is 5. The summed E-state index contributed by atoms with van der Waals surface area (Å²) in [4.78, 5) is 34.3. The van der Waals surface area contributed by atoms with E-state index in [-0.39, 0.29) is 37.0 Å². The van der Waals surface area contributed by atoms with Gasteiger partial charge in [-0.05, 0) is 99.9 Å². The molecule has 18 atom stereocenters. The van der Waals surface area contributed by atoms with Crippen LogP contribution in [0, 0.1) is 27.9 Å². The van der Waals surface area contributed by atoms with Crippen LogP contribution in [0.1, 0.15) is 101 Å². The predicted molar refractivity (Wildman–Crippen MR) is 259 cm³/mol. The van der Waals surface area contributed by atoms with E-state index in [9.17, 15) is 40.4 Å². The highest BCUT2D eigenvalue weighted by Gasteiger charge is 2.53. The van der Waals surface area contributed by atoms with Crippen molar-refractivity contribution in [2.45, 2.75) is 198 Å². The van der Waals surface area contributed by atoms with Crippen LogP contribution in [-0.4, -0.2) is 192 Å². The van der Waals surface area contributed by atoms with Crippen LogP contribution >= 0.6 is 0 Å². The van der Waals surface area contributed by atoms with Gasteiger partial charge < -0.3 is 68.6 Å². The maximum atomic E-state index is 14.5. The molecule has 0 saturated carbocycles. The zero-order chi connectivity index (χ0) is 52.7. The summed E-state index contributed by atoms with van der Waals surface area (Å²) in [5.74, 6) is -2.41. The number of ether oxygens (including phenoxy) is 6. The van der Waals surface area contributed by atoms with Crippen molar-refractivity contribution in [2.75, 3.05) is 40.8 Å². The van der Waals surface area contributed by atoms with Crippen molar-refractivity contribution < 1.29 is 68.5 Å². The first kappa shape index (κ1) is 58.4. The van der Waals surface area contributed by atoms with Gasteiger partial charge in [0.25, 0.3) is 5.69 Å². The third-order valence-electron chi connectivity index (χ3n) is 15.1. The number of aliphatic hydroxyl groups excluding tert-OH is 3. The van der Waals surface area contributed by atoms with Crippen LogP contribution in [-0.2, 0) is 46.2 Å². The number of carbonyl (C=O) groups is 1. The Hall–Kier alpha value is -3.49. The lowest BCUT2D eigenvalue weighted by Crippen LogP contribution is -2.61. The number of nitro groups is 1. The summed E-state index contributed by atoms with van der Waals surface area (Å²) >= 11 is 0. The molecule has 2 aromatic rings. The highest BCUT2D eigenvalue weighted by atomic mass is 16.7. The molecule has 0 radical (unpaired) electrons. The first-order valence-corrected chi connectivity index (χ1v) is 25.0. The third-order valence-corrected chi connectivity index (χ3v) is 15.1. The lowest BCUT2D eigenvalue weighted by Gasteiger charge is -2.49. The molecule has 3 saturated heterocycles. The van der Waals surface area contributed by atoms with Gasteiger partial charge in [-0.25, -0.2) is 0 Å². The number of nitrogens with one attached hydrogen (secondary N) is 1. The van der Waals surface area contributed by atoms with Gasteiger partial charge in [0, 0.05) is 69.4 Å². The smallest absolute Gasteiger partial charge is 0.311 e. The Morgan fingerprint density at radius 3 is 2.31 bits per heavy atom. The van der Waals surface area contributed by atoms with Crippen molar-refractivity contribution in [1.29, 1.82) is 0 Å². The number of non-ortho nitro benzene ring substituents is 1. The molecule has 0 aliphatic carbocycles. The molecule has 1 aromatic heterocycles. The fourth-order valence-electron chi connectivity index (χ4n) is 10.6. The minimum atomic E-state index is -1.85. The van der Waals surface area contributed by atoms with Crippen molar-refractivity contribution in [1.82, 2.24) is 30.3 Å². The van der Waals surface area contributed by atoms with Crippen LogP contribution in [0.2, 0.25) is 0 Å². The van der Waals surface area contributed by atoms with Gasteiger partial charge in [0.05, 0.1) is 65.2 Å². The normalized spacial score (nSPS) is 39.4. The molecule has 404 valence electrons. The number of hydroxylamine groups is 1. The van der Waals surface area contributed by atoms with Gasteiger partial charge in [-0.3, -0.25) is 19.6 Å². The van der Waals surface area contributed by atoms with Gasteiger partial charge in [0.15, 0.2) is 12.6 Å². The molecule has 0 spiro atoms. The molecule has 3 aliphatic heterocycles. The van der Waals surface area contributed by atoms with Crippen LogP contribution in [0.25, 0.3) is 0 Å². The molecule has 22 heteroatoms. The molecule has 0 bridgehead atoms. The average Bonchev–Trinajstić information content (AvgIpc) is 3.78. The number of cyclic esters (lactones) is 1. The van der Waals surface area contributed by atoms with Crippen LogP contribution in [0.15, 0.2) is 30.5 Å². The number of nitrogens with zero attached hydrogens (tertiary/aromatic N) is 6. The van der Waals surface area contributed by atoms with Crippen molar-refractivity contribution in [3.8, 4) is 5.75 Å². The average molecular weight is 1010 g/mol. The second-order valence-corrected chi connectivity index (χ2v) is 21.2. The van der Waals surface area contributed by atoms with E-state index < -0.39 is 107 Å². The van der Waals surface area contributed by atoms with E-state index in [1.54, 1.807) is 53.1 Å². The van der Waals surface area contributed by atoms with Crippen molar-refractivity contribution in [3.63, 3.8) is 0 Å². The Labute approximate surface area is 418 Å². The van der Waals surface area contributed by atoms with Crippen LogP contribution in [0.4, 0.5) is 5.69 Å². The monoisotopic (exact) mass is 1010 g/mol. The number of rotatable bonds is 16. The summed E-state index contributed by atoms with van der Waals surface area (Å²) in [6.45, 7) is 19.1. The van der Waals surface area contributed by atoms with Gasteiger partial charge >= 0.3 is 5.97 Å². The molecule has 0 amide bonds. The summed E-state index contributed by atoms with van der Waals surface area (Å²) in [6, 6.07) is 4.69. The molecule has 3 aliphatic rings. The Morgan fingerprint density at radius 2 is 1.68 bits per heavy atom. The lowest BCUT2D eigenvalue weighted by atomic mass is 9.77. The molecule has 71 heavy (non-hydrogen) atoms. The molecule has 6 N–H and O–H groups in total. The Morgan fingerprint density at radius 1 is 1.00 bits per heavy atom. The van der Waals surface area contributed by atoms with E-state index in [0.29, 0.717) is 44.8 Å². The lowest BCUT2D eigenvalue weighted by molar-refractivity contribution is -0.384. The minimum Gasteiger partial charge on any atom is -0.459 e. The zero-order valence-electron chi connectivity index (χ0n) is 43.9. The molecular formula is C49H83N7O15. The highest BCUT2D eigenvalue weighted by molar-refractivity contribution is 5.73. The number of carbonyl (C=O) groups excluding carboxylic acids is 1. The molecule has 0 unspecified atom stereocenters. The second-order valence-electron chi connectivity index (χ2n) is 21.2. The van der Waals surface area contributed by atoms with Crippen LogP contribution in [0.3, 0.4) is 0 Å². The molecule has 22 nitrogen and oxygen atoms in total. The van der Waals surface area contributed by atoms with Gasteiger partial charge in [-0.15, -0.1) is 5.10 Å². The summed E-state index contributed by atoms with van der Waals surface area (Å²) < 4.78 is 39.9. The number of hydrogen-bond acceptors (Lipinski definition) is 20. The third kappa shape index (κ3) is 14.4. The highest BCUT2D eigenvalue weighted by Crippen LogP contribution is 2.40. The number of nitro benzene ring substituents is 1. The van der Waals surface area contributed by atoms with Crippen molar-refractivity contribution >= 4 is 11.7 Å². The van der Waals surface area contributed by atoms with Gasteiger partial charge in [-0.1, -0.05) is 26.0 Å². The van der Waals surface area contributed by atoms with Gasteiger partial charge in [0.2, 0.25) is 0 Å². The van der Waals surface area contributed by atoms with Gasteiger partial charge in [0.1, 0.15) is 35.8 Å². The van der Waals surface area contributed by atoms with E-state index in [0.717, 1.165) is 5.69 Å². The van der Waals surface area contributed by atoms with Crippen molar-refractivity contribution in [3.05, 3.63) is 46.3 Å². The number of likely N-dealkylation sites (N-methyl/N-ethyl adjacent to an activating group) is 2. The molecular weight excluding hydrogens is 927 g/mol. The maximum Gasteiger partial charge on any atom is 0.311 e. The Bertz CT molecular complexity index is 2000. The second kappa shape index (κ2) is 24.7. The van der Waals surface area contributed by atoms with Crippen LogP contribution < -0.4 is 10.3 Å². The molecule has 4 heterocycles. The molecule has 1 aromatic carbocycles. The van der Waals surface area contributed by atoms with E-state index in [1.807, 2.05) is 43.9 Å². The SMILES string of the molecule is CC[C@H]1OC(=O)[C@H](C)[C@@H](O[C@H]2C[C@@](C)(OC)[C@@H](O)[C@H](C)O2)[C@H](C)[C@@H](O[C@@H]2O[C@H](C)C[C@H](N(C)CCc3cn(CCNOc4ccc([N+](=O)[O-])cc4)nn3)[C@H]2O)[C@](C)(O)C[C@@H](C)CN(C)[C@H](C)[C@@H](O)[C@]1(C)O. The van der Waals surface area contributed by atoms with Gasteiger partial charge in [-0.2, -0.15) is 5.48 Å². The summed E-state index contributed by atoms with van der Waals surface area (Å²) in [6.07, 6.45) is -6.93. The van der Waals surface area contributed by atoms with E-state index in [1.165, 1.54) is 38.3 Å². The summed E-state index contributed by atoms with van der Waals surface area (Å²) in [5.41, 5.74) is -1.05. The summed E-state index contributed by atoms with van der Waals surface area (Å²) in [7, 11) is 5.22.